The Morgan fingerprint density at radius 3 is 3.07 bits per heavy atom. The van der Waals surface area contributed by atoms with Gasteiger partial charge in [-0.1, -0.05) is 0 Å². The molecule has 1 N–H and O–H groups in total. The lowest BCUT2D eigenvalue weighted by atomic mass is 10.1. The maximum absolute atomic E-state index is 12.8. The van der Waals surface area contributed by atoms with Crippen LogP contribution in [0.3, 0.4) is 0 Å². The molecule has 1 aliphatic rings. The number of furan rings is 1. The number of nitrogens with one attached hydrogen (secondary N) is 1. The van der Waals surface area contributed by atoms with Crippen LogP contribution in [0.15, 0.2) is 47.5 Å². The second-order valence-corrected chi connectivity index (χ2v) is 6.76. The average molecular weight is 398 g/mol. The van der Waals surface area contributed by atoms with Crippen molar-refractivity contribution < 1.29 is 18.7 Å². The number of carbonyl (C=O) groups excluding carboxylic acids is 2. The minimum absolute atomic E-state index is 0.0642. The van der Waals surface area contributed by atoms with Gasteiger partial charge in [-0.25, -0.2) is 9.67 Å². The molecule has 1 aliphatic heterocycles. The van der Waals surface area contributed by atoms with Crippen molar-refractivity contribution in [2.45, 2.75) is 19.1 Å². The van der Waals surface area contributed by atoms with Gasteiger partial charge in [0.1, 0.15) is 30.7 Å². The molecule has 152 valence electrons. The van der Waals surface area contributed by atoms with Crippen molar-refractivity contribution in [2.75, 3.05) is 26.8 Å². The number of fused-ring (bicyclic) bond motifs is 1. The smallest absolute Gasteiger partial charge is 0.287 e. The molecule has 1 unspecified atom stereocenters. The van der Waals surface area contributed by atoms with E-state index >= 15 is 0 Å². The van der Waals surface area contributed by atoms with Crippen LogP contribution in [-0.2, 0) is 17.8 Å². The molecular formula is C19H22N6O4. The molecule has 0 spiro atoms. The first kappa shape index (κ1) is 18.9. The highest BCUT2D eigenvalue weighted by Gasteiger charge is 2.32. The van der Waals surface area contributed by atoms with Gasteiger partial charge in [-0.2, -0.15) is 5.10 Å². The van der Waals surface area contributed by atoms with Gasteiger partial charge in [-0.15, -0.1) is 0 Å². The SMILES string of the molecule is COCCN1C(=O)c2cccn2CC1CNC(=O)c1ccc(Cn2cncn2)o1. The summed E-state index contributed by atoms with van der Waals surface area (Å²) in [6.07, 6.45) is 4.89. The summed E-state index contributed by atoms with van der Waals surface area (Å²) in [6.45, 7) is 2.20. The van der Waals surface area contributed by atoms with Gasteiger partial charge in [0, 0.05) is 32.9 Å². The van der Waals surface area contributed by atoms with Gasteiger partial charge in [0.15, 0.2) is 5.76 Å². The number of hydrogen-bond acceptors (Lipinski definition) is 6. The van der Waals surface area contributed by atoms with Crippen molar-refractivity contribution in [2.24, 2.45) is 0 Å². The summed E-state index contributed by atoms with van der Waals surface area (Å²) in [5.74, 6) is 0.428. The third-order valence-corrected chi connectivity index (χ3v) is 4.86. The van der Waals surface area contributed by atoms with Crippen LogP contribution in [0.5, 0.6) is 0 Å². The molecule has 3 aromatic rings. The zero-order valence-corrected chi connectivity index (χ0v) is 16.0. The third-order valence-electron chi connectivity index (χ3n) is 4.86. The highest BCUT2D eigenvalue weighted by Crippen LogP contribution is 2.18. The second kappa shape index (κ2) is 8.31. The Bertz CT molecular complexity index is 977. The Morgan fingerprint density at radius 1 is 1.38 bits per heavy atom. The summed E-state index contributed by atoms with van der Waals surface area (Å²) in [5, 5.41) is 6.89. The number of amides is 2. The summed E-state index contributed by atoms with van der Waals surface area (Å²) in [4.78, 5) is 30.9. The van der Waals surface area contributed by atoms with Gasteiger partial charge in [0.25, 0.3) is 11.8 Å². The number of carbonyl (C=O) groups is 2. The van der Waals surface area contributed by atoms with Crippen LogP contribution in [0.2, 0.25) is 0 Å². The van der Waals surface area contributed by atoms with Crippen molar-refractivity contribution in [1.29, 1.82) is 0 Å². The molecule has 4 heterocycles. The normalized spacial score (nSPS) is 16.1. The molecule has 3 aromatic heterocycles. The molecule has 1 atom stereocenters. The first-order valence-corrected chi connectivity index (χ1v) is 9.30. The lowest BCUT2D eigenvalue weighted by Gasteiger charge is -2.36. The first-order chi connectivity index (χ1) is 14.2. The van der Waals surface area contributed by atoms with Crippen molar-refractivity contribution in [3.8, 4) is 0 Å². The lowest BCUT2D eigenvalue weighted by Crippen LogP contribution is -2.53. The van der Waals surface area contributed by atoms with E-state index in [0.717, 1.165) is 0 Å². The van der Waals surface area contributed by atoms with E-state index in [9.17, 15) is 9.59 Å². The number of methoxy groups -OCH3 is 1. The number of nitrogens with zero attached hydrogens (tertiary/aromatic N) is 5. The molecule has 10 nitrogen and oxygen atoms in total. The molecule has 0 bridgehead atoms. The lowest BCUT2D eigenvalue weighted by molar-refractivity contribution is 0.0503. The quantitative estimate of drug-likeness (QED) is 0.596. The molecule has 4 rings (SSSR count). The van der Waals surface area contributed by atoms with E-state index in [0.29, 0.717) is 44.2 Å². The van der Waals surface area contributed by atoms with E-state index in [4.69, 9.17) is 9.15 Å². The number of rotatable bonds is 8. The van der Waals surface area contributed by atoms with Crippen molar-refractivity contribution >= 4 is 11.8 Å². The number of aromatic nitrogens is 4. The van der Waals surface area contributed by atoms with Gasteiger partial charge in [0.2, 0.25) is 0 Å². The van der Waals surface area contributed by atoms with Crippen LogP contribution in [0.4, 0.5) is 0 Å². The zero-order valence-electron chi connectivity index (χ0n) is 16.0. The Labute approximate surface area is 167 Å². The maximum Gasteiger partial charge on any atom is 0.287 e. The molecule has 0 saturated heterocycles. The topological polar surface area (TPSA) is 107 Å². The van der Waals surface area contributed by atoms with E-state index in [1.165, 1.54) is 6.33 Å². The fraction of sp³-hybridized carbons (Fsp3) is 0.368. The highest BCUT2D eigenvalue weighted by atomic mass is 16.5. The molecule has 0 fully saturated rings. The Balaban J connectivity index is 1.40. The number of hydrogen-bond donors (Lipinski definition) is 1. The Morgan fingerprint density at radius 2 is 2.28 bits per heavy atom. The zero-order chi connectivity index (χ0) is 20.2. The largest absolute Gasteiger partial charge is 0.454 e. The highest BCUT2D eigenvalue weighted by molar-refractivity contribution is 5.94. The van der Waals surface area contributed by atoms with Crippen LogP contribution in [0.1, 0.15) is 26.8 Å². The molecule has 0 aromatic carbocycles. The minimum Gasteiger partial charge on any atom is -0.454 e. The van der Waals surface area contributed by atoms with E-state index in [2.05, 4.69) is 15.4 Å². The van der Waals surface area contributed by atoms with Crippen LogP contribution >= 0.6 is 0 Å². The van der Waals surface area contributed by atoms with Crippen molar-refractivity contribution in [1.82, 2.24) is 29.5 Å². The summed E-state index contributed by atoms with van der Waals surface area (Å²) >= 11 is 0. The van der Waals surface area contributed by atoms with E-state index in [-0.39, 0.29) is 23.6 Å². The summed E-state index contributed by atoms with van der Waals surface area (Å²) < 4.78 is 14.3. The van der Waals surface area contributed by atoms with Gasteiger partial charge >= 0.3 is 0 Å². The summed E-state index contributed by atoms with van der Waals surface area (Å²) in [7, 11) is 1.60. The standard InChI is InChI=1S/C19H22N6O4/c1-28-8-7-25-14(10-23-6-2-3-16(23)19(25)27)9-21-18(26)17-5-4-15(29-17)11-24-13-20-12-22-24/h2-6,12-14H,7-11H2,1H3,(H,21,26). The van der Waals surface area contributed by atoms with Crippen LogP contribution in [-0.4, -0.2) is 68.9 Å². The molecular weight excluding hydrogens is 376 g/mol. The molecule has 0 saturated carbocycles. The van der Waals surface area contributed by atoms with Crippen LogP contribution < -0.4 is 5.32 Å². The van der Waals surface area contributed by atoms with E-state index in [1.807, 2.05) is 16.8 Å². The second-order valence-electron chi connectivity index (χ2n) is 6.76. The maximum atomic E-state index is 12.8. The molecule has 10 heteroatoms. The first-order valence-electron chi connectivity index (χ1n) is 9.30. The third kappa shape index (κ3) is 4.06. The van der Waals surface area contributed by atoms with Crippen molar-refractivity contribution in [3.05, 3.63) is 60.3 Å². The molecule has 29 heavy (non-hydrogen) atoms. The molecule has 0 radical (unpaired) electrons. The van der Waals surface area contributed by atoms with E-state index < -0.39 is 0 Å². The molecule has 2 amide bonds. The van der Waals surface area contributed by atoms with Gasteiger partial charge in [-0.05, 0) is 24.3 Å². The summed E-state index contributed by atoms with van der Waals surface area (Å²) in [5.41, 5.74) is 0.646. The van der Waals surface area contributed by atoms with Crippen molar-refractivity contribution in [3.63, 3.8) is 0 Å². The fourth-order valence-electron chi connectivity index (χ4n) is 3.41. The average Bonchev–Trinajstić information content (AvgIpc) is 3.48. The van der Waals surface area contributed by atoms with Gasteiger partial charge in [0.05, 0.1) is 12.6 Å². The van der Waals surface area contributed by atoms with Gasteiger partial charge in [-0.3, -0.25) is 9.59 Å². The van der Waals surface area contributed by atoms with E-state index in [1.54, 1.807) is 41.2 Å². The summed E-state index contributed by atoms with van der Waals surface area (Å²) in [6, 6.07) is 6.84. The predicted octanol–water partition coefficient (Wildman–Crippen LogP) is 0.622. The minimum atomic E-state index is -0.327. The molecule has 0 aliphatic carbocycles. The number of ether oxygens (including phenoxy) is 1. The Kier molecular flexibility index (Phi) is 5.43. The fourth-order valence-corrected chi connectivity index (χ4v) is 3.41. The monoisotopic (exact) mass is 398 g/mol. The van der Waals surface area contributed by atoms with Crippen LogP contribution in [0.25, 0.3) is 0 Å². The van der Waals surface area contributed by atoms with Crippen LogP contribution in [0, 0.1) is 0 Å². The van der Waals surface area contributed by atoms with Gasteiger partial charge < -0.3 is 23.9 Å². The predicted molar refractivity (Wildman–Crippen MR) is 101 cm³/mol. The Hall–Kier alpha value is -3.40.